The summed E-state index contributed by atoms with van der Waals surface area (Å²) >= 11 is 0. The highest BCUT2D eigenvalue weighted by molar-refractivity contribution is 5.57. The Morgan fingerprint density at radius 2 is 1.85 bits per heavy atom. The Morgan fingerprint density at radius 3 is 2.62 bits per heavy atom. The van der Waals surface area contributed by atoms with E-state index in [-0.39, 0.29) is 5.56 Å². The molecular formula is C21H27N3O2. The first-order valence-corrected chi connectivity index (χ1v) is 9.57. The highest BCUT2D eigenvalue weighted by Gasteiger charge is 2.27. The van der Waals surface area contributed by atoms with E-state index in [1.54, 1.807) is 10.6 Å². The van der Waals surface area contributed by atoms with Crippen LogP contribution in [0, 0.1) is 0 Å². The molecule has 2 aliphatic rings. The highest BCUT2D eigenvalue weighted by atomic mass is 16.5. The Morgan fingerprint density at radius 1 is 1.08 bits per heavy atom. The monoisotopic (exact) mass is 353 g/mol. The lowest BCUT2D eigenvalue weighted by Gasteiger charge is -2.32. The van der Waals surface area contributed by atoms with E-state index in [2.05, 4.69) is 46.2 Å². The smallest absolute Gasteiger partial charge is 0.253 e. The summed E-state index contributed by atoms with van der Waals surface area (Å²) in [4.78, 5) is 17.3. The fourth-order valence-corrected chi connectivity index (χ4v) is 4.12. The maximum absolute atomic E-state index is 12.6. The number of morpholine rings is 1. The van der Waals surface area contributed by atoms with Crippen molar-refractivity contribution in [3.05, 3.63) is 58.4 Å². The van der Waals surface area contributed by atoms with E-state index >= 15 is 0 Å². The minimum Gasteiger partial charge on any atom is -0.378 e. The average Bonchev–Trinajstić information content (AvgIpc) is 3.13. The number of ether oxygens (including phenoxy) is 1. The van der Waals surface area contributed by atoms with Crippen LogP contribution in [0.4, 0.5) is 11.5 Å². The van der Waals surface area contributed by atoms with Gasteiger partial charge >= 0.3 is 0 Å². The number of aromatic nitrogens is 1. The van der Waals surface area contributed by atoms with E-state index in [4.69, 9.17) is 4.74 Å². The number of hydrogen-bond donors (Lipinski definition) is 0. The third-order valence-corrected chi connectivity index (χ3v) is 5.58. The van der Waals surface area contributed by atoms with E-state index in [0.717, 1.165) is 50.8 Å². The molecule has 0 bridgehead atoms. The largest absolute Gasteiger partial charge is 0.378 e. The van der Waals surface area contributed by atoms with E-state index < -0.39 is 0 Å². The first-order valence-electron chi connectivity index (χ1n) is 9.57. The molecule has 5 nitrogen and oxygen atoms in total. The molecule has 5 heteroatoms. The number of hydrogen-bond acceptors (Lipinski definition) is 4. The van der Waals surface area contributed by atoms with Crippen LogP contribution >= 0.6 is 0 Å². The number of anilines is 2. The van der Waals surface area contributed by atoms with E-state index in [9.17, 15) is 4.79 Å². The average molecular weight is 353 g/mol. The molecule has 0 N–H and O–H groups in total. The van der Waals surface area contributed by atoms with Crippen LogP contribution in [0.25, 0.3) is 0 Å². The standard InChI is InChI=1S/C21H27N3O2/c1-22-20(15-19(16-21(22)25)23-10-12-26-13-11-23)24-9-5-8-18(24)14-17-6-3-2-4-7-17/h2-4,6-7,15-16,18H,5,8-14H2,1H3/t18-/m1/s1. The van der Waals surface area contributed by atoms with Crippen molar-refractivity contribution in [3.8, 4) is 0 Å². The molecule has 0 aliphatic carbocycles. The van der Waals surface area contributed by atoms with E-state index in [1.807, 2.05) is 7.05 Å². The predicted molar refractivity (Wildman–Crippen MR) is 105 cm³/mol. The third kappa shape index (κ3) is 3.49. The second kappa shape index (κ2) is 7.54. The van der Waals surface area contributed by atoms with Crippen LogP contribution in [-0.4, -0.2) is 43.5 Å². The molecule has 0 saturated carbocycles. The summed E-state index contributed by atoms with van der Waals surface area (Å²) in [5.41, 5.74) is 2.45. The van der Waals surface area contributed by atoms with Crippen LogP contribution in [-0.2, 0) is 18.2 Å². The van der Waals surface area contributed by atoms with Crippen LogP contribution in [0.1, 0.15) is 18.4 Å². The van der Waals surface area contributed by atoms with Crippen molar-refractivity contribution in [1.82, 2.24) is 4.57 Å². The van der Waals surface area contributed by atoms with Crippen molar-refractivity contribution in [2.45, 2.75) is 25.3 Å². The highest BCUT2D eigenvalue weighted by Crippen LogP contribution is 2.29. The normalized spacial score (nSPS) is 20.6. The first kappa shape index (κ1) is 17.2. The van der Waals surface area contributed by atoms with Gasteiger partial charge in [0.15, 0.2) is 0 Å². The van der Waals surface area contributed by atoms with Crippen molar-refractivity contribution < 1.29 is 4.74 Å². The number of pyridine rings is 1. The fraction of sp³-hybridized carbons (Fsp3) is 0.476. The lowest BCUT2D eigenvalue weighted by Crippen LogP contribution is -2.39. The van der Waals surface area contributed by atoms with E-state index in [1.165, 1.54) is 18.4 Å². The number of benzene rings is 1. The van der Waals surface area contributed by atoms with Crippen molar-refractivity contribution in [2.75, 3.05) is 42.6 Å². The zero-order valence-electron chi connectivity index (χ0n) is 15.4. The second-order valence-electron chi connectivity index (χ2n) is 7.25. The second-order valence-corrected chi connectivity index (χ2v) is 7.25. The molecule has 2 aliphatic heterocycles. The molecule has 0 unspecified atom stereocenters. The van der Waals surface area contributed by atoms with Gasteiger partial charge in [0.1, 0.15) is 5.82 Å². The maximum Gasteiger partial charge on any atom is 0.253 e. The van der Waals surface area contributed by atoms with Gasteiger partial charge in [0.05, 0.1) is 13.2 Å². The Bertz CT molecular complexity index is 797. The first-order chi connectivity index (χ1) is 12.7. The molecule has 26 heavy (non-hydrogen) atoms. The summed E-state index contributed by atoms with van der Waals surface area (Å²) in [5, 5.41) is 0. The molecule has 2 saturated heterocycles. The summed E-state index contributed by atoms with van der Waals surface area (Å²) in [6.45, 7) is 4.16. The molecule has 1 atom stereocenters. The summed E-state index contributed by atoms with van der Waals surface area (Å²) < 4.78 is 7.25. The van der Waals surface area contributed by atoms with Crippen LogP contribution in [0.2, 0.25) is 0 Å². The summed E-state index contributed by atoms with van der Waals surface area (Å²) in [7, 11) is 1.89. The molecule has 4 rings (SSSR count). The van der Waals surface area contributed by atoms with Crippen LogP contribution < -0.4 is 15.4 Å². The lowest BCUT2D eigenvalue weighted by atomic mass is 10.0. The van der Waals surface area contributed by atoms with Gasteiger partial charge in [-0.3, -0.25) is 9.36 Å². The van der Waals surface area contributed by atoms with Gasteiger partial charge in [0.2, 0.25) is 0 Å². The number of rotatable bonds is 4. The topological polar surface area (TPSA) is 37.7 Å². The van der Waals surface area contributed by atoms with Crippen molar-refractivity contribution in [2.24, 2.45) is 7.05 Å². The predicted octanol–water partition coefficient (Wildman–Crippen LogP) is 2.43. The zero-order chi connectivity index (χ0) is 17.9. The minimum absolute atomic E-state index is 0.0642. The van der Waals surface area contributed by atoms with Gasteiger partial charge in [0, 0.05) is 50.5 Å². The Balaban J connectivity index is 1.62. The van der Waals surface area contributed by atoms with Gasteiger partial charge < -0.3 is 14.5 Å². The van der Waals surface area contributed by atoms with Crippen molar-refractivity contribution in [3.63, 3.8) is 0 Å². The molecule has 0 spiro atoms. The molecule has 1 aromatic carbocycles. The lowest BCUT2D eigenvalue weighted by molar-refractivity contribution is 0.122. The summed E-state index contributed by atoms with van der Waals surface area (Å²) in [6.07, 6.45) is 3.37. The van der Waals surface area contributed by atoms with Crippen LogP contribution in [0.15, 0.2) is 47.3 Å². The molecule has 3 heterocycles. The Hall–Kier alpha value is -2.27. The van der Waals surface area contributed by atoms with Gasteiger partial charge in [-0.05, 0) is 24.8 Å². The quantitative estimate of drug-likeness (QED) is 0.846. The molecular weight excluding hydrogens is 326 g/mol. The molecule has 1 aromatic heterocycles. The third-order valence-electron chi connectivity index (χ3n) is 5.58. The van der Waals surface area contributed by atoms with Gasteiger partial charge in [0.25, 0.3) is 5.56 Å². The van der Waals surface area contributed by atoms with Crippen molar-refractivity contribution >= 4 is 11.5 Å². The summed E-state index contributed by atoms with van der Waals surface area (Å²) in [5.74, 6) is 1.04. The van der Waals surface area contributed by atoms with Crippen LogP contribution in [0.3, 0.4) is 0 Å². The maximum atomic E-state index is 12.6. The molecule has 138 valence electrons. The minimum atomic E-state index is 0.0642. The van der Waals surface area contributed by atoms with E-state index in [0.29, 0.717) is 6.04 Å². The zero-order valence-corrected chi connectivity index (χ0v) is 15.4. The molecule has 0 amide bonds. The fourth-order valence-electron chi connectivity index (χ4n) is 4.12. The van der Waals surface area contributed by atoms with Crippen LogP contribution in [0.5, 0.6) is 0 Å². The molecule has 0 radical (unpaired) electrons. The van der Waals surface area contributed by atoms with Gasteiger partial charge in [-0.2, -0.15) is 0 Å². The SMILES string of the molecule is Cn1c(N2CCC[C@@H]2Cc2ccccc2)cc(N2CCOCC2)cc1=O. The molecule has 2 aromatic rings. The van der Waals surface area contributed by atoms with Gasteiger partial charge in [-0.1, -0.05) is 30.3 Å². The Labute approximate surface area is 154 Å². The van der Waals surface area contributed by atoms with Crippen molar-refractivity contribution in [1.29, 1.82) is 0 Å². The van der Waals surface area contributed by atoms with Gasteiger partial charge in [-0.15, -0.1) is 0 Å². The van der Waals surface area contributed by atoms with Gasteiger partial charge in [-0.25, -0.2) is 0 Å². The summed E-state index contributed by atoms with van der Waals surface area (Å²) in [6, 6.07) is 15.0. The number of nitrogens with zero attached hydrogens (tertiary/aromatic N) is 3. The Kier molecular flexibility index (Phi) is 4.98. The molecule has 2 fully saturated rings.